The topological polar surface area (TPSA) is 30.0 Å². The zero-order valence-corrected chi connectivity index (χ0v) is 18.6. The molecule has 1 amide bonds. The van der Waals surface area contributed by atoms with E-state index in [9.17, 15) is 9.18 Å². The van der Waals surface area contributed by atoms with E-state index in [-0.39, 0.29) is 17.8 Å². The molecule has 0 N–H and O–H groups in total. The number of benzene rings is 2. The van der Waals surface area contributed by atoms with E-state index in [0.29, 0.717) is 6.54 Å². The van der Waals surface area contributed by atoms with Crippen molar-refractivity contribution in [3.05, 3.63) is 65.5 Å². The summed E-state index contributed by atoms with van der Waals surface area (Å²) in [5.41, 5.74) is 2.63. The SMILES string of the molecule is CN1CCN(c2ccc(C(=O)N(C)[C@H]3CCCN(Cc4ccccc4F)C3)cc2)CC1. The molecular weight excluding hydrogens is 391 g/mol. The molecule has 2 aromatic carbocycles. The van der Waals surface area contributed by atoms with Gasteiger partial charge in [0.25, 0.3) is 5.91 Å². The number of hydrogen-bond acceptors (Lipinski definition) is 4. The van der Waals surface area contributed by atoms with Gasteiger partial charge in [-0.25, -0.2) is 4.39 Å². The number of nitrogens with zero attached hydrogens (tertiary/aromatic N) is 4. The van der Waals surface area contributed by atoms with E-state index in [1.165, 1.54) is 11.8 Å². The molecule has 1 atom stereocenters. The second-order valence-corrected chi connectivity index (χ2v) is 8.88. The van der Waals surface area contributed by atoms with E-state index in [0.717, 1.165) is 63.2 Å². The smallest absolute Gasteiger partial charge is 0.253 e. The third-order valence-electron chi connectivity index (χ3n) is 6.68. The fourth-order valence-electron chi connectivity index (χ4n) is 4.61. The molecule has 2 fully saturated rings. The Hall–Kier alpha value is -2.44. The molecule has 0 radical (unpaired) electrons. The quantitative estimate of drug-likeness (QED) is 0.737. The van der Waals surface area contributed by atoms with E-state index in [1.54, 1.807) is 6.07 Å². The van der Waals surface area contributed by atoms with Crippen LogP contribution in [-0.2, 0) is 6.54 Å². The number of likely N-dealkylation sites (N-methyl/N-ethyl adjacent to an activating group) is 2. The van der Waals surface area contributed by atoms with Gasteiger partial charge >= 0.3 is 0 Å². The fourth-order valence-corrected chi connectivity index (χ4v) is 4.61. The molecule has 0 unspecified atom stereocenters. The van der Waals surface area contributed by atoms with Crippen LogP contribution in [0, 0.1) is 5.82 Å². The van der Waals surface area contributed by atoms with Crippen molar-refractivity contribution in [1.29, 1.82) is 0 Å². The lowest BCUT2D eigenvalue weighted by Crippen LogP contribution is -2.48. The van der Waals surface area contributed by atoms with E-state index in [4.69, 9.17) is 0 Å². The molecule has 2 aromatic rings. The van der Waals surface area contributed by atoms with Crippen molar-refractivity contribution in [1.82, 2.24) is 14.7 Å². The lowest BCUT2D eigenvalue weighted by atomic mass is 10.0. The molecule has 2 heterocycles. The predicted molar refractivity (Wildman–Crippen MR) is 123 cm³/mol. The van der Waals surface area contributed by atoms with Gasteiger partial charge in [-0.2, -0.15) is 0 Å². The van der Waals surface area contributed by atoms with Crippen LogP contribution in [0.2, 0.25) is 0 Å². The van der Waals surface area contributed by atoms with Crippen molar-refractivity contribution in [2.75, 3.05) is 58.3 Å². The van der Waals surface area contributed by atoms with E-state index in [1.807, 2.05) is 36.2 Å². The zero-order valence-electron chi connectivity index (χ0n) is 18.6. The summed E-state index contributed by atoms with van der Waals surface area (Å²) in [6.07, 6.45) is 1.99. The molecular formula is C25H33FN4O. The third kappa shape index (κ3) is 5.25. The average Bonchev–Trinajstić information content (AvgIpc) is 2.80. The van der Waals surface area contributed by atoms with Gasteiger partial charge in [0.1, 0.15) is 5.82 Å². The molecule has 2 aliphatic rings. The van der Waals surface area contributed by atoms with Crippen LogP contribution in [0.15, 0.2) is 48.5 Å². The summed E-state index contributed by atoms with van der Waals surface area (Å²) in [6.45, 7) is 6.46. The number of amides is 1. The van der Waals surface area contributed by atoms with Gasteiger partial charge in [0.15, 0.2) is 0 Å². The Bertz CT molecular complexity index is 879. The lowest BCUT2D eigenvalue weighted by Gasteiger charge is -2.38. The highest BCUT2D eigenvalue weighted by molar-refractivity contribution is 5.94. The zero-order chi connectivity index (χ0) is 21.8. The molecule has 31 heavy (non-hydrogen) atoms. The van der Waals surface area contributed by atoms with Crippen molar-refractivity contribution in [2.24, 2.45) is 0 Å². The number of rotatable bonds is 5. The monoisotopic (exact) mass is 424 g/mol. The summed E-state index contributed by atoms with van der Waals surface area (Å²) in [4.78, 5) is 22.0. The van der Waals surface area contributed by atoms with Crippen molar-refractivity contribution in [2.45, 2.75) is 25.4 Å². The van der Waals surface area contributed by atoms with Gasteiger partial charge in [-0.15, -0.1) is 0 Å². The summed E-state index contributed by atoms with van der Waals surface area (Å²) < 4.78 is 14.0. The predicted octanol–water partition coefficient (Wildman–Crippen LogP) is 3.31. The Morgan fingerprint density at radius 2 is 1.74 bits per heavy atom. The molecule has 0 saturated carbocycles. The van der Waals surface area contributed by atoms with Crippen molar-refractivity contribution in [3.8, 4) is 0 Å². The molecule has 0 bridgehead atoms. The number of likely N-dealkylation sites (tertiary alicyclic amines) is 1. The van der Waals surface area contributed by atoms with Gasteiger partial charge in [-0.1, -0.05) is 18.2 Å². The number of piperazine rings is 1. The first kappa shape index (κ1) is 21.8. The highest BCUT2D eigenvalue weighted by atomic mass is 19.1. The largest absolute Gasteiger partial charge is 0.369 e. The van der Waals surface area contributed by atoms with E-state index < -0.39 is 0 Å². The summed E-state index contributed by atoms with van der Waals surface area (Å²) in [5.74, 6) is -0.0998. The second kappa shape index (κ2) is 9.79. The maximum absolute atomic E-state index is 14.0. The molecule has 2 aliphatic heterocycles. The molecule has 2 saturated heterocycles. The third-order valence-corrected chi connectivity index (χ3v) is 6.68. The van der Waals surface area contributed by atoms with Gasteiger partial charge in [0.05, 0.1) is 0 Å². The summed E-state index contributed by atoms with van der Waals surface area (Å²) in [6, 6.07) is 15.1. The second-order valence-electron chi connectivity index (χ2n) is 8.88. The molecule has 4 rings (SSSR count). The Kier molecular flexibility index (Phi) is 6.88. The van der Waals surface area contributed by atoms with Gasteiger partial charge in [-0.3, -0.25) is 9.69 Å². The van der Waals surface area contributed by atoms with Crippen LogP contribution in [0.25, 0.3) is 0 Å². The minimum Gasteiger partial charge on any atom is -0.369 e. The van der Waals surface area contributed by atoms with Crippen LogP contribution in [0.5, 0.6) is 0 Å². The highest BCUT2D eigenvalue weighted by Gasteiger charge is 2.27. The molecule has 5 nitrogen and oxygen atoms in total. The summed E-state index contributed by atoms with van der Waals surface area (Å²) in [5, 5.41) is 0. The number of piperidine rings is 1. The minimum atomic E-state index is -0.158. The number of hydrogen-bond donors (Lipinski definition) is 0. The maximum Gasteiger partial charge on any atom is 0.253 e. The minimum absolute atomic E-state index is 0.0580. The van der Waals surface area contributed by atoms with Crippen LogP contribution in [0.4, 0.5) is 10.1 Å². The lowest BCUT2D eigenvalue weighted by molar-refractivity contribution is 0.0608. The van der Waals surface area contributed by atoms with Gasteiger partial charge < -0.3 is 14.7 Å². The number of carbonyl (C=O) groups is 1. The van der Waals surface area contributed by atoms with E-state index >= 15 is 0 Å². The van der Waals surface area contributed by atoms with Gasteiger partial charge in [-0.05, 0) is 56.8 Å². The maximum atomic E-state index is 14.0. The first-order valence-corrected chi connectivity index (χ1v) is 11.3. The normalized spacial score (nSPS) is 20.6. The number of halogens is 1. The van der Waals surface area contributed by atoms with Crippen molar-refractivity contribution >= 4 is 11.6 Å². The number of anilines is 1. The first-order valence-electron chi connectivity index (χ1n) is 11.3. The highest BCUT2D eigenvalue weighted by Crippen LogP contribution is 2.22. The standard InChI is InChI=1S/C25H33FN4O/c1-27-14-16-30(17-15-27)22-11-9-20(10-12-22)25(31)28(2)23-7-5-13-29(19-23)18-21-6-3-4-8-24(21)26/h3-4,6,8-12,23H,5,7,13-19H2,1-2H3/t23-/m0/s1. The first-order chi connectivity index (χ1) is 15.0. The van der Waals surface area contributed by atoms with Gasteiger partial charge in [0, 0.05) is 69.2 Å². The molecule has 166 valence electrons. The van der Waals surface area contributed by atoms with Crippen LogP contribution in [0.1, 0.15) is 28.8 Å². The molecule has 0 aliphatic carbocycles. The summed E-state index contributed by atoms with van der Waals surface area (Å²) in [7, 11) is 4.05. The fraction of sp³-hybridized carbons (Fsp3) is 0.480. The van der Waals surface area contributed by atoms with Crippen LogP contribution < -0.4 is 4.90 Å². The Morgan fingerprint density at radius 1 is 1.03 bits per heavy atom. The Labute approximate surface area is 185 Å². The van der Waals surface area contributed by atoms with Crippen LogP contribution in [-0.4, -0.2) is 80.0 Å². The average molecular weight is 425 g/mol. The van der Waals surface area contributed by atoms with Crippen molar-refractivity contribution < 1.29 is 9.18 Å². The number of carbonyl (C=O) groups excluding carboxylic acids is 1. The summed E-state index contributed by atoms with van der Waals surface area (Å²) >= 11 is 0. The molecule has 0 spiro atoms. The molecule has 6 heteroatoms. The van der Waals surface area contributed by atoms with Gasteiger partial charge in [0.2, 0.25) is 0 Å². The Balaban J connectivity index is 1.36. The Morgan fingerprint density at radius 3 is 2.45 bits per heavy atom. The molecule has 0 aromatic heterocycles. The van der Waals surface area contributed by atoms with Crippen LogP contribution >= 0.6 is 0 Å². The van der Waals surface area contributed by atoms with Crippen molar-refractivity contribution in [3.63, 3.8) is 0 Å². The van der Waals surface area contributed by atoms with Crippen LogP contribution in [0.3, 0.4) is 0 Å². The van der Waals surface area contributed by atoms with E-state index in [2.05, 4.69) is 33.9 Å².